The Bertz CT molecular complexity index is 557. The SMILES string of the molecule is CCNC(=O)N[C@@H]1CCN(c2ccc(C(F)(F)F)cc2)C1=O. The second-order valence-corrected chi connectivity index (χ2v) is 4.88. The van der Waals surface area contributed by atoms with Crippen molar-refractivity contribution in [1.82, 2.24) is 10.6 Å². The van der Waals surface area contributed by atoms with Gasteiger partial charge in [0, 0.05) is 18.8 Å². The standard InChI is InChI=1S/C14H16F3N3O2/c1-2-18-13(22)19-11-7-8-20(12(11)21)10-5-3-9(4-6-10)14(15,16)17/h3-6,11H,2,7-8H2,1H3,(H2,18,19,22)/t11-/m1/s1. The van der Waals surface area contributed by atoms with Gasteiger partial charge in [-0.3, -0.25) is 4.79 Å². The highest BCUT2D eigenvalue weighted by Crippen LogP contribution is 2.31. The molecule has 1 heterocycles. The Balaban J connectivity index is 2.05. The topological polar surface area (TPSA) is 61.4 Å². The minimum absolute atomic E-state index is 0.328. The molecule has 1 saturated heterocycles. The van der Waals surface area contributed by atoms with Gasteiger partial charge in [0.15, 0.2) is 0 Å². The van der Waals surface area contributed by atoms with Gasteiger partial charge in [-0.15, -0.1) is 0 Å². The molecule has 0 radical (unpaired) electrons. The number of urea groups is 1. The Kier molecular flexibility index (Phi) is 4.58. The van der Waals surface area contributed by atoms with Crippen LogP contribution in [-0.2, 0) is 11.0 Å². The third-order valence-electron chi connectivity index (χ3n) is 3.35. The number of carbonyl (C=O) groups is 2. The van der Waals surface area contributed by atoms with Crippen molar-refractivity contribution in [2.75, 3.05) is 18.0 Å². The molecule has 120 valence electrons. The van der Waals surface area contributed by atoms with Gasteiger partial charge in [-0.05, 0) is 37.6 Å². The van der Waals surface area contributed by atoms with Crippen molar-refractivity contribution in [2.24, 2.45) is 0 Å². The molecule has 0 aliphatic carbocycles. The summed E-state index contributed by atoms with van der Waals surface area (Å²) in [6, 6.07) is 3.30. The van der Waals surface area contributed by atoms with E-state index < -0.39 is 23.8 Å². The highest BCUT2D eigenvalue weighted by atomic mass is 19.4. The normalized spacial score (nSPS) is 18.5. The Morgan fingerprint density at radius 2 is 1.95 bits per heavy atom. The summed E-state index contributed by atoms with van der Waals surface area (Å²) < 4.78 is 37.5. The smallest absolute Gasteiger partial charge is 0.338 e. The van der Waals surface area contributed by atoms with Crippen molar-refractivity contribution in [3.8, 4) is 0 Å². The van der Waals surface area contributed by atoms with Crippen LogP contribution in [0, 0.1) is 0 Å². The first-order valence-corrected chi connectivity index (χ1v) is 6.86. The van der Waals surface area contributed by atoms with E-state index in [1.54, 1.807) is 6.92 Å². The third-order valence-corrected chi connectivity index (χ3v) is 3.35. The predicted octanol–water partition coefficient (Wildman–Crippen LogP) is 2.13. The Hall–Kier alpha value is -2.25. The first kappa shape index (κ1) is 16.1. The van der Waals surface area contributed by atoms with Crippen LogP contribution >= 0.6 is 0 Å². The van der Waals surface area contributed by atoms with Crippen molar-refractivity contribution in [3.63, 3.8) is 0 Å². The number of amides is 3. The zero-order chi connectivity index (χ0) is 16.3. The van der Waals surface area contributed by atoms with E-state index in [9.17, 15) is 22.8 Å². The Morgan fingerprint density at radius 1 is 1.32 bits per heavy atom. The first-order valence-electron chi connectivity index (χ1n) is 6.86. The van der Waals surface area contributed by atoms with Crippen LogP contribution in [0.25, 0.3) is 0 Å². The molecule has 0 unspecified atom stereocenters. The quantitative estimate of drug-likeness (QED) is 0.897. The highest BCUT2D eigenvalue weighted by Gasteiger charge is 2.34. The Morgan fingerprint density at radius 3 is 2.50 bits per heavy atom. The molecule has 1 atom stereocenters. The summed E-state index contributed by atoms with van der Waals surface area (Å²) >= 11 is 0. The molecular weight excluding hydrogens is 299 g/mol. The average Bonchev–Trinajstić information content (AvgIpc) is 2.80. The molecule has 5 nitrogen and oxygen atoms in total. The number of benzene rings is 1. The summed E-state index contributed by atoms with van der Waals surface area (Å²) in [6.45, 7) is 2.54. The average molecular weight is 315 g/mol. The molecule has 0 aromatic heterocycles. The number of nitrogens with zero attached hydrogens (tertiary/aromatic N) is 1. The summed E-state index contributed by atoms with van der Waals surface area (Å²) in [4.78, 5) is 25.0. The summed E-state index contributed by atoms with van der Waals surface area (Å²) in [5.41, 5.74) is -0.377. The highest BCUT2D eigenvalue weighted by molar-refractivity contribution is 6.01. The van der Waals surface area contributed by atoms with E-state index in [0.717, 1.165) is 12.1 Å². The number of nitrogens with one attached hydrogen (secondary N) is 2. The van der Waals surface area contributed by atoms with E-state index in [1.165, 1.54) is 17.0 Å². The van der Waals surface area contributed by atoms with Crippen LogP contribution in [0.1, 0.15) is 18.9 Å². The molecular formula is C14H16F3N3O2. The minimum Gasteiger partial charge on any atom is -0.338 e. The molecule has 0 spiro atoms. The maximum atomic E-state index is 12.5. The number of anilines is 1. The van der Waals surface area contributed by atoms with Gasteiger partial charge in [0.1, 0.15) is 6.04 Å². The molecule has 2 rings (SSSR count). The molecule has 3 amide bonds. The van der Waals surface area contributed by atoms with Crippen molar-refractivity contribution in [3.05, 3.63) is 29.8 Å². The molecule has 8 heteroatoms. The lowest BCUT2D eigenvalue weighted by atomic mass is 10.2. The predicted molar refractivity (Wildman–Crippen MR) is 74.4 cm³/mol. The largest absolute Gasteiger partial charge is 0.416 e. The van der Waals surface area contributed by atoms with Gasteiger partial charge in [-0.25, -0.2) is 4.79 Å². The van der Waals surface area contributed by atoms with E-state index in [2.05, 4.69) is 10.6 Å². The van der Waals surface area contributed by atoms with Crippen LogP contribution in [0.3, 0.4) is 0 Å². The number of rotatable bonds is 3. The number of carbonyl (C=O) groups excluding carboxylic acids is 2. The maximum absolute atomic E-state index is 12.5. The maximum Gasteiger partial charge on any atom is 0.416 e. The second kappa shape index (κ2) is 6.25. The van der Waals surface area contributed by atoms with Crippen LogP contribution in [0.2, 0.25) is 0 Å². The van der Waals surface area contributed by atoms with Crippen LogP contribution in [0.4, 0.5) is 23.7 Å². The van der Waals surface area contributed by atoms with Crippen molar-refractivity contribution in [2.45, 2.75) is 25.6 Å². The van der Waals surface area contributed by atoms with Crippen LogP contribution in [0.15, 0.2) is 24.3 Å². The van der Waals surface area contributed by atoms with Crippen LogP contribution < -0.4 is 15.5 Å². The molecule has 0 bridgehead atoms. The van der Waals surface area contributed by atoms with Gasteiger partial charge >= 0.3 is 12.2 Å². The van der Waals surface area contributed by atoms with E-state index in [0.29, 0.717) is 25.2 Å². The van der Waals surface area contributed by atoms with Crippen molar-refractivity contribution < 1.29 is 22.8 Å². The number of hydrogen-bond donors (Lipinski definition) is 2. The molecule has 0 saturated carbocycles. The fourth-order valence-electron chi connectivity index (χ4n) is 2.27. The van der Waals surface area contributed by atoms with Gasteiger partial charge in [0.05, 0.1) is 5.56 Å². The fourth-order valence-corrected chi connectivity index (χ4v) is 2.27. The lowest BCUT2D eigenvalue weighted by Crippen LogP contribution is -2.46. The minimum atomic E-state index is -4.41. The monoisotopic (exact) mass is 315 g/mol. The molecule has 1 aromatic carbocycles. The van der Waals surface area contributed by atoms with Gasteiger partial charge in [0.25, 0.3) is 0 Å². The number of hydrogen-bond acceptors (Lipinski definition) is 2. The fraction of sp³-hybridized carbons (Fsp3) is 0.429. The van der Waals surface area contributed by atoms with E-state index in [-0.39, 0.29) is 5.91 Å². The van der Waals surface area contributed by atoms with E-state index >= 15 is 0 Å². The molecule has 2 N–H and O–H groups in total. The molecule has 1 fully saturated rings. The number of halogens is 3. The van der Waals surface area contributed by atoms with Crippen molar-refractivity contribution in [1.29, 1.82) is 0 Å². The lowest BCUT2D eigenvalue weighted by molar-refractivity contribution is -0.137. The molecule has 1 aliphatic rings. The zero-order valence-electron chi connectivity index (χ0n) is 11.9. The summed E-state index contributed by atoms with van der Waals surface area (Å²) in [5.74, 6) is -0.328. The summed E-state index contributed by atoms with van der Waals surface area (Å²) in [7, 11) is 0. The Labute approximate surface area is 125 Å². The molecule has 22 heavy (non-hydrogen) atoms. The van der Waals surface area contributed by atoms with E-state index in [1.807, 2.05) is 0 Å². The third kappa shape index (κ3) is 3.49. The van der Waals surface area contributed by atoms with Gasteiger partial charge in [-0.1, -0.05) is 0 Å². The first-order chi connectivity index (χ1) is 10.3. The van der Waals surface area contributed by atoms with Crippen molar-refractivity contribution >= 4 is 17.6 Å². The van der Waals surface area contributed by atoms with Gasteiger partial charge in [0.2, 0.25) is 5.91 Å². The number of alkyl halides is 3. The second-order valence-electron chi connectivity index (χ2n) is 4.88. The van der Waals surface area contributed by atoms with Gasteiger partial charge < -0.3 is 15.5 Å². The zero-order valence-corrected chi connectivity index (χ0v) is 11.9. The van der Waals surface area contributed by atoms with E-state index in [4.69, 9.17) is 0 Å². The summed E-state index contributed by atoms with van der Waals surface area (Å²) in [6.07, 6.45) is -3.99. The lowest BCUT2D eigenvalue weighted by Gasteiger charge is -2.18. The van der Waals surface area contributed by atoms with Crippen LogP contribution in [0.5, 0.6) is 0 Å². The summed E-state index contributed by atoms with van der Waals surface area (Å²) in [5, 5.41) is 5.07. The molecule has 1 aromatic rings. The van der Waals surface area contributed by atoms with Gasteiger partial charge in [-0.2, -0.15) is 13.2 Å². The molecule has 1 aliphatic heterocycles. The van der Waals surface area contributed by atoms with Crippen LogP contribution in [-0.4, -0.2) is 31.1 Å².